The third kappa shape index (κ3) is 9.04. The first-order valence-electron chi connectivity index (χ1n) is 14.5. The minimum atomic E-state index is -1.34. The summed E-state index contributed by atoms with van der Waals surface area (Å²) < 4.78 is 54.2. The molecule has 3 aromatic carbocycles. The van der Waals surface area contributed by atoms with Crippen LogP contribution in [0.3, 0.4) is 0 Å². The lowest BCUT2D eigenvalue weighted by Crippen LogP contribution is -2.49. The van der Waals surface area contributed by atoms with Crippen LogP contribution in [0, 0.1) is 17.5 Å². The SMILES string of the molecule is CC(C)(C)OC(=O)NC(C(=O)Nc1cccc(F)c1CCC1CNC(CO)CO1)C(c1ccc(F)cc1)c1ccc(F)cc1. The molecule has 1 saturated heterocycles. The number of ether oxygens (including phenoxy) is 2. The van der Waals surface area contributed by atoms with Crippen molar-refractivity contribution in [2.75, 3.05) is 25.1 Å². The van der Waals surface area contributed by atoms with Crippen molar-refractivity contribution in [3.63, 3.8) is 0 Å². The molecule has 2 amide bonds. The predicted octanol–water partition coefficient (Wildman–Crippen LogP) is 5.05. The smallest absolute Gasteiger partial charge is 0.408 e. The zero-order valence-electron chi connectivity index (χ0n) is 24.9. The van der Waals surface area contributed by atoms with Crippen molar-refractivity contribution in [3.8, 4) is 0 Å². The zero-order valence-corrected chi connectivity index (χ0v) is 24.9. The Morgan fingerprint density at radius 1 is 1.00 bits per heavy atom. The first kappa shape index (κ1) is 33.0. The second-order valence-electron chi connectivity index (χ2n) is 11.7. The van der Waals surface area contributed by atoms with E-state index in [1.54, 1.807) is 26.8 Å². The number of hydrogen-bond donors (Lipinski definition) is 4. The molecule has 1 aliphatic rings. The lowest BCUT2D eigenvalue weighted by molar-refractivity contribution is -0.118. The van der Waals surface area contributed by atoms with Gasteiger partial charge in [-0.15, -0.1) is 0 Å². The fourth-order valence-corrected chi connectivity index (χ4v) is 5.07. The number of rotatable bonds is 10. The summed E-state index contributed by atoms with van der Waals surface area (Å²) in [7, 11) is 0. The fourth-order valence-electron chi connectivity index (χ4n) is 5.07. The molecule has 1 fully saturated rings. The van der Waals surface area contributed by atoms with Gasteiger partial charge in [0.1, 0.15) is 29.1 Å². The molecule has 0 radical (unpaired) electrons. The van der Waals surface area contributed by atoms with Gasteiger partial charge in [0, 0.05) is 23.7 Å². The molecule has 8 nitrogen and oxygen atoms in total. The van der Waals surface area contributed by atoms with Gasteiger partial charge in [-0.25, -0.2) is 18.0 Å². The van der Waals surface area contributed by atoms with Crippen LogP contribution in [0.5, 0.6) is 0 Å². The Morgan fingerprint density at radius 2 is 1.61 bits per heavy atom. The zero-order chi connectivity index (χ0) is 31.9. The van der Waals surface area contributed by atoms with Crippen LogP contribution in [0.25, 0.3) is 0 Å². The van der Waals surface area contributed by atoms with Crippen LogP contribution in [0.2, 0.25) is 0 Å². The summed E-state index contributed by atoms with van der Waals surface area (Å²) in [5.41, 5.74) is 0.522. The van der Waals surface area contributed by atoms with Gasteiger partial charge in [0.25, 0.3) is 0 Å². The molecule has 0 aromatic heterocycles. The lowest BCUT2D eigenvalue weighted by Gasteiger charge is -2.30. The molecule has 1 heterocycles. The number of aliphatic hydroxyl groups is 1. The van der Waals surface area contributed by atoms with Gasteiger partial charge in [0.2, 0.25) is 5.91 Å². The highest BCUT2D eigenvalue weighted by atomic mass is 19.1. The van der Waals surface area contributed by atoms with E-state index in [0.29, 0.717) is 30.7 Å². The van der Waals surface area contributed by atoms with E-state index in [4.69, 9.17) is 9.47 Å². The summed E-state index contributed by atoms with van der Waals surface area (Å²) in [6, 6.07) is 13.7. The van der Waals surface area contributed by atoms with Crippen molar-refractivity contribution in [3.05, 3.63) is 101 Å². The van der Waals surface area contributed by atoms with E-state index in [0.717, 1.165) is 0 Å². The molecule has 44 heavy (non-hydrogen) atoms. The Labute approximate surface area is 255 Å². The van der Waals surface area contributed by atoms with Crippen LogP contribution in [0.15, 0.2) is 66.7 Å². The third-order valence-corrected chi connectivity index (χ3v) is 7.23. The molecule has 0 spiro atoms. The summed E-state index contributed by atoms with van der Waals surface area (Å²) >= 11 is 0. The Bertz CT molecular complexity index is 1360. The number of alkyl carbamates (subject to hydrolysis) is 1. The average Bonchev–Trinajstić information content (AvgIpc) is 2.97. The van der Waals surface area contributed by atoms with E-state index in [-0.39, 0.29) is 36.4 Å². The number of nitrogens with one attached hydrogen (secondary N) is 3. The highest BCUT2D eigenvalue weighted by Crippen LogP contribution is 2.31. The van der Waals surface area contributed by atoms with Gasteiger partial charge < -0.3 is 30.5 Å². The molecule has 3 atom stereocenters. The van der Waals surface area contributed by atoms with Gasteiger partial charge in [-0.05, 0) is 81.1 Å². The van der Waals surface area contributed by atoms with Crippen LogP contribution in [0.4, 0.5) is 23.7 Å². The van der Waals surface area contributed by atoms with Crippen molar-refractivity contribution in [1.82, 2.24) is 10.6 Å². The number of benzene rings is 3. The Kier molecular flexibility index (Phi) is 11.0. The van der Waals surface area contributed by atoms with Gasteiger partial charge >= 0.3 is 6.09 Å². The standard InChI is InChI=1S/C33H38F3N3O5/c1-33(2,3)44-32(42)39-30(29(20-7-11-22(34)12-8-20)21-9-13-23(35)14-10-21)31(41)38-28-6-4-5-27(36)26(28)16-15-25-17-37-24(18-40)19-43-25/h4-14,24-25,29-30,37,40H,15-19H2,1-3H3,(H,38,41)(H,39,42). The molecular weight excluding hydrogens is 575 g/mol. The maximum atomic E-state index is 15.1. The van der Waals surface area contributed by atoms with Crippen LogP contribution < -0.4 is 16.0 Å². The fraction of sp³-hybridized carbons (Fsp3) is 0.394. The molecule has 236 valence electrons. The van der Waals surface area contributed by atoms with Crippen molar-refractivity contribution in [2.24, 2.45) is 0 Å². The summed E-state index contributed by atoms with van der Waals surface area (Å²) in [5.74, 6) is -3.11. The minimum Gasteiger partial charge on any atom is -0.444 e. The lowest BCUT2D eigenvalue weighted by atomic mass is 9.84. The Balaban J connectivity index is 1.66. The molecule has 0 bridgehead atoms. The minimum absolute atomic E-state index is 0.0501. The van der Waals surface area contributed by atoms with Crippen molar-refractivity contribution < 1.29 is 37.3 Å². The highest BCUT2D eigenvalue weighted by molar-refractivity contribution is 5.98. The van der Waals surface area contributed by atoms with Gasteiger partial charge in [0.05, 0.1) is 25.4 Å². The second kappa shape index (κ2) is 14.7. The van der Waals surface area contributed by atoms with Crippen molar-refractivity contribution >= 4 is 17.7 Å². The molecule has 3 unspecified atom stereocenters. The van der Waals surface area contributed by atoms with E-state index < -0.39 is 47.0 Å². The second-order valence-corrected chi connectivity index (χ2v) is 11.7. The largest absolute Gasteiger partial charge is 0.444 e. The van der Waals surface area contributed by atoms with Crippen LogP contribution in [-0.4, -0.2) is 60.7 Å². The van der Waals surface area contributed by atoms with E-state index >= 15 is 4.39 Å². The molecule has 4 N–H and O–H groups in total. The maximum Gasteiger partial charge on any atom is 0.408 e. The number of halogens is 3. The number of aliphatic hydroxyl groups excluding tert-OH is 1. The molecule has 4 rings (SSSR count). The number of hydrogen-bond acceptors (Lipinski definition) is 6. The normalized spacial score (nSPS) is 17.6. The summed E-state index contributed by atoms with van der Waals surface area (Å²) in [5, 5.41) is 17.9. The quantitative estimate of drug-likeness (QED) is 0.255. The number of morpholine rings is 1. The molecule has 0 aliphatic carbocycles. The first-order valence-corrected chi connectivity index (χ1v) is 14.5. The number of carbonyl (C=O) groups is 2. The number of anilines is 1. The molecule has 3 aromatic rings. The van der Waals surface area contributed by atoms with Gasteiger partial charge in [-0.1, -0.05) is 30.3 Å². The summed E-state index contributed by atoms with van der Waals surface area (Å²) in [4.78, 5) is 27.1. The topological polar surface area (TPSA) is 109 Å². The summed E-state index contributed by atoms with van der Waals surface area (Å²) in [6.45, 7) is 5.79. The van der Waals surface area contributed by atoms with Crippen molar-refractivity contribution in [2.45, 2.75) is 63.3 Å². The first-order chi connectivity index (χ1) is 20.9. The average molecular weight is 614 g/mol. The summed E-state index contributed by atoms with van der Waals surface area (Å²) in [6.07, 6.45) is -0.414. The van der Waals surface area contributed by atoms with Crippen LogP contribution in [0.1, 0.15) is 49.8 Å². The molecular formula is C33H38F3N3O5. The van der Waals surface area contributed by atoms with E-state index in [1.807, 2.05) is 0 Å². The molecule has 1 aliphatic heterocycles. The van der Waals surface area contributed by atoms with Crippen LogP contribution in [-0.2, 0) is 20.7 Å². The van der Waals surface area contributed by atoms with E-state index in [1.165, 1.54) is 60.7 Å². The predicted molar refractivity (Wildman–Crippen MR) is 160 cm³/mol. The highest BCUT2D eigenvalue weighted by Gasteiger charge is 2.35. The van der Waals surface area contributed by atoms with E-state index in [2.05, 4.69) is 16.0 Å². The molecule has 0 saturated carbocycles. The number of carbonyl (C=O) groups excluding carboxylic acids is 2. The van der Waals surface area contributed by atoms with Crippen molar-refractivity contribution in [1.29, 1.82) is 0 Å². The maximum absolute atomic E-state index is 15.1. The van der Waals surface area contributed by atoms with Gasteiger partial charge in [-0.2, -0.15) is 0 Å². The van der Waals surface area contributed by atoms with Gasteiger partial charge in [0.15, 0.2) is 0 Å². The Hall–Kier alpha value is -3.93. The molecule has 11 heteroatoms. The van der Waals surface area contributed by atoms with Gasteiger partial charge in [-0.3, -0.25) is 4.79 Å². The number of amides is 2. The van der Waals surface area contributed by atoms with Crippen LogP contribution >= 0.6 is 0 Å². The van der Waals surface area contributed by atoms with E-state index in [9.17, 15) is 23.5 Å². The third-order valence-electron chi connectivity index (χ3n) is 7.23. The Morgan fingerprint density at radius 3 is 2.14 bits per heavy atom. The monoisotopic (exact) mass is 613 g/mol.